The highest BCUT2D eigenvalue weighted by Crippen LogP contribution is 2.28. The SMILES string of the molecule is Cn1cc(C[C@@H]2CC(=O)N(Cc3c(F)cccc3Cl)C2=O)cn1. The van der Waals surface area contributed by atoms with Crippen LogP contribution in [0, 0.1) is 11.7 Å². The Morgan fingerprint density at radius 1 is 1.39 bits per heavy atom. The fourth-order valence-electron chi connectivity index (χ4n) is 2.78. The molecule has 7 heteroatoms. The van der Waals surface area contributed by atoms with E-state index in [1.165, 1.54) is 18.2 Å². The van der Waals surface area contributed by atoms with Crippen molar-refractivity contribution in [1.29, 1.82) is 0 Å². The second kappa shape index (κ2) is 6.12. The van der Waals surface area contributed by atoms with Crippen molar-refractivity contribution in [2.75, 3.05) is 0 Å². The number of hydrogen-bond acceptors (Lipinski definition) is 3. The number of halogens is 2. The Labute approximate surface area is 137 Å². The predicted molar refractivity (Wildman–Crippen MR) is 82.0 cm³/mol. The molecular formula is C16H15ClFN3O2. The molecule has 5 nitrogen and oxygen atoms in total. The predicted octanol–water partition coefficient (Wildman–Crippen LogP) is 2.33. The molecule has 0 N–H and O–H groups in total. The molecular weight excluding hydrogens is 321 g/mol. The van der Waals surface area contributed by atoms with Gasteiger partial charge in [0.25, 0.3) is 0 Å². The highest BCUT2D eigenvalue weighted by molar-refractivity contribution is 6.31. The van der Waals surface area contributed by atoms with E-state index in [4.69, 9.17) is 11.6 Å². The van der Waals surface area contributed by atoms with E-state index >= 15 is 0 Å². The summed E-state index contributed by atoms with van der Waals surface area (Å²) in [5.74, 6) is -1.55. The molecule has 1 aromatic heterocycles. The van der Waals surface area contributed by atoms with Gasteiger partial charge < -0.3 is 0 Å². The molecule has 0 radical (unpaired) electrons. The smallest absolute Gasteiger partial charge is 0.233 e. The summed E-state index contributed by atoms with van der Waals surface area (Å²) in [5, 5.41) is 4.26. The zero-order valence-corrected chi connectivity index (χ0v) is 13.3. The van der Waals surface area contributed by atoms with Crippen LogP contribution in [0.5, 0.6) is 0 Å². The standard InChI is InChI=1S/C16H15ClFN3O2/c1-20-8-10(7-19-20)5-11-6-15(22)21(16(11)23)9-12-13(17)3-2-4-14(12)18/h2-4,7-8,11H,5-6,9H2,1H3/t11-/m1/s1. The van der Waals surface area contributed by atoms with Gasteiger partial charge in [-0.2, -0.15) is 5.10 Å². The zero-order chi connectivity index (χ0) is 16.6. The molecule has 0 saturated carbocycles. The molecule has 0 bridgehead atoms. The van der Waals surface area contributed by atoms with Gasteiger partial charge in [-0.3, -0.25) is 19.2 Å². The van der Waals surface area contributed by atoms with Crippen LogP contribution in [0.15, 0.2) is 30.6 Å². The summed E-state index contributed by atoms with van der Waals surface area (Å²) in [5.41, 5.74) is 1.06. The Hall–Kier alpha value is -2.21. The average molecular weight is 336 g/mol. The van der Waals surface area contributed by atoms with E-state index in [-0.39, 0.29) is 35.4 Å². The summed E-state index contributed by atoms with van der Waals surface area (Å²) < 4.78 is 15.5. The van der Waals surface area contributed by atoms with Gasteiger partial charge in [0.2, 0.25) is 11.8 Å². The van der Waals surface area contributed by atoms with Gasteiger partial charge >= 0.3 is 0 Å². The summed E-state index contributed by atoms with van der Waals surface area (Å²) >= 11 is 5.97. The lowest BCUT2D eigenvalue weighted by Gasteiger charge is -2.16. The van der Waals surface area contributed by atoms with Crippen LogP contribution in [0.1, 0.15) is 17.5 Å². The first kappa shape index (κ1) is 15.7. The Bertz CT molecular complexity index is 754. The minimum absolute atomic E-state index is 0.125. The molecule has 1 saturated heterocycles. The van der Waals surface area contributed by atoms with Gasteiger partial charge in [0, 0.05) is 30.3 Å². The van der Waals surface area contributed by atoms with Crippen molar-refractivity contribution in [3.8, 4) is 0 Å². The van der Waals surface area contributed by atoms with Crippen molar-refractivity contribution >= 4 is 23.4 Å². The molecule has 3 rings (SSSR count). The number of amides is 2. The van der Waals surface area contributed by atoms with E-state index in [2.05, 4.69) is 5.10 Å². The maximum atomic E-state index is 13.9. The summed E-state index contributed by atoms with van der Waals surface area (Å²) in [6.07, 6.45) is 4.06. The summed E-state index contributed by atoms with van der Waals surface area (Å²) in [6, 6.07) is 4.29. The largest absolute Gasteiger partial charge is 0.278 e. The van der Waals surface area contributed by atoms with Gasteiger partial charge in [-0.25, -0.2) is 4.39 Å². The van der Waals surface area contributed by atoms with Gasteiger partial charge in [0.05, 0.1) is 18.7 Å². The Morgan fingerprint density at radius 2 is 2.17 bits per heavy atom. The van der Waals surface area contributed by atoms with Crippen LogP contribution in [0.4, 0.5) is 4.39 Å². The molecule has 0 unspecified atom stereocenters. The minimum atomic E-state index is -0.520. The molecule has 1 aliphatic heterocycles. The number of nitrogens with zero attached hydrogens (tertiary/aromatic N) is 3. The fraction of sp³-hybridized carbons (Fsp3) is 0.312. The van der Waals surface area contributed by atoms with Crippen molar-refractivity contribution in [3.05, 3.63) is 52.6 Å². The van der Waals surface area contributed by atoms with Gasteiger partial charge in [0.1, 0.15) is 5.82 Å². The Morgan fingerprint density at radius 3 is 2.83 bits per heavy atom. The normalized spacial score (nSPS) is 18.0. The molecule has 2 aromatic rings. The van der Waals surface area contributed by atoms with Crippen molar-refractivity contribution in [3.63, 3.8) is 0 Å². The number of carbonyl (C=O) groups excluding carboxylic acids is 2. The molecule has 1 fully saturated rings. The van der Waals surface area contributed by atoms with E-state index in [1.807, 2.05) is 6.20 Å². The lowest BCUT2D eigenvalue weighted by molar-refractivity contribution is -0.140. The minimum Gasteiger partial charge on any atom is -0.278 e. The lowest BCUT2D eigenvalue weighted by Crippen LogP contribution is -2.31. The lowest BCUT2D eigenvalue weighted by atomic mass is 10.0. The zero-order valence-electron chi connectivity index (χ0n) is 12.5. The van der Waals surface area contributed by atoms with Crippen LogP contribution in [-0.4, -0.2) is 26.5 Å². The van der Waals surface area contributed by atoms with Crippen molar-refractivity contribution < 1.29 is 14.0 Å². The molecule has 120 valence electrons. The highest BCUT2D eigenvalue weighted by atomic mass is 35.5. The van der Waals surface area contributed by atoms with Crippen molar-refractivity contribution in [2.24, 2.45) is 13.0 Å². The number of benzene rings is 1. The third-order valence-electron chi connectivity index (χ3n) is 3.96. The number of carbonyl (C=O) groups is 2. The summed E-state index contributed by atoms with van der Waals surface area (Å²) in [7, 11) is 1.79. The van der Waals surface area contributed by atoms with Crippen LogP contribution >= 0.6 is 11.6 Å². The van der Waals surface area contributed by atoms with Crippen LogP contribution < -0.4 is 0 Å². The number of aryl methyl sites for hydroxylation is 1. The first-order valence-corrected chi connectivity index (χ1v) is 7.58. The third-order valence-corrected chi connectivity index (χ3v) is 4.31. The van der Waals surface area contributed by atoms with Crippen molar-refractivity contribution in [2.45, 2.75) is 19.4 Å². The Balaban J connectivity index is 1.76. The number of imide groups is 1. The monoisotopic (exact) mass is 335 g/mol. The highest BCUT2D eigenvalue weighted by Gasteiger charge is 2.39. The van der Waals surface area contributed by atoms with Gasteiger partial charge in [-0.05, 0) is 24.1 Å². The first-order valence-electron chi connectivity index (χ1n) is 7.20. The molecule has 1 aliphatic rings. The van der Waals surface area contributed by atoms with E-state index in [0.717, 1.165) is 10.5 Å². The first-order chi connectivity index (χ1) is 11.0. The molecule has 0 spiro atoms. The van der Waals surface area contributed by atoms with Gasteiger partial charge in [0.15, 0.2) is 0 Å². The van der Waals surface area contributed by atoms with Gasteiger partial charge in [-0.15, -0.1) is 0 Å². The topological polar surface area (TPSA) is 55.2 Å². The summed E-state index contributed by atoms with van der Waals surface area (Å²) in [4.78, 5) is 25.7. The molecule has 0 aliphatic carbocycles. The molecule has 2 amide bonds. The summed E-state index contributed by atoms with van der Waals surface area (Å²) in [6.45, 7) is -0.132. The second-order valence-electron chi connectivity index (χ2n) is 5.65. The van der Waals surface area contributed by atoms with Crippen LogP contribution in [0.3, 0.4) is 0 Å². The van der Waals surface area contributed by atoms with E-state index in [1.54, 1.807) is 17.9 Å². The number of hydrogen-bond donors (Lipinski definition) is 0. The fourth-order valence-corrected chi connectivity index (χ4v) is 3.00. The van der Waals surface area contributed by atoms with Crippen LogP contribution in [0.2, 0.25) is 5.02 Å². The second-order valence-corrected chi connectivity index (χ2v) is 6.05. The maximum Gasteiger partial charge on any atom is 0.233 e. The van der Waals surface area contributed by atoms with Crippen LogP contribution in [0.25, 0.3) is 0 Å². The molecule has 1 aromatic carbocycles. The molecule has 23 heavy (non-hydrogen) atoms. The van der Waals surface area contributed by atoms with E-state index in [0.29, 0.717) is 6.42 Å². The van der Waals surface area contributed by atoms with E-state index in [9.17, 15) is 14.0 Å². The quantitative estimate of drug-likeness (QED) is 0.806. The number of rotatable bonds is 4. The third kappa shape index (κ3) is 3.12. The molecule has 1 atom stereocenters. The van der Waals surface area contributed by atoms with E-state index < -0.39 is 11.7 Å². The van der Waals surface area contributed by atoms with Gasteiger partial charge in [-0.1, -0.05) is 17.7 Å². The number of likely N-dealkylation sites (tertiary alicyclic amines) is 1. The van der Waals surface area contributed by atoms with Crippen LogP contribution in [-0.2, 0) is 29.6 Å². The Kier molecular flexibility index (Phi) is 4.17. The molecule has 2 heterocycles. The maximum absolute atomic E-state index is 13.9. The average Bonchev–Trinajstić information content (AvgIpc) is 3.01. The van der Waals surface area contributed by atoms with Crippen molar-refractivity contribution in [1.82, 2.24) is 14.7 Å². The number of aromatic nitrogens is 2.